The van der Waals surface area contributed by atoms with Crippen LogP contribution >= 0.6 is 0 Å². The molecule has 18 heavy (non-hydrogen) atoms. The zero-order chi connectivity index (χ0) is 13.9. The first-order valence-electron chi connectivity index (χ1n) is 5.85. The number of Topliss-reactive ketones (excluding diaryl/α,β-unsaturated/α-hetero) is 1. The highest BCUT2D eigenvalue weighted by atomic mass is 16.2. The molecule has 0 bridgehead atoms. The lowest BCUT2D eigenvalue weighted by atomic mass is 9.95. The monoisotopic (exact) mass is 245 g/mol. The lowest BCUT2D eigenvalue weighted by Gasteiger charge is -2.15. The predicted molar refractivity (Wildman–Crippen MR) is 73.1 cm³/mol. The molecule has 1 rings (SSSR count). The van der Waals surface area contributed by atoms with Crippen molar-refractivity contribution in [3.8, 4) is 0 Å². The molecule has 1 aromatic carbocycles. The van der Waals surface area contributed by atoms with E-state index in [-0.39, 0.29) is 17.3 Å². The van der Waals surface area contributed by atoms with Gasteiger partial charge in [-0.15, -0.1) is 0 Å². The maximum Gasteiger partial charge on any atom is 0.257 e. The number of aryl methyl sites for hydroxylation is 1. The Morgan fingerprint density at radius 1 is 1.06 bits per heavy atom. The maximum absolute atomic E-state index is 12.1. The molecule has 0 aliphatic heterocycles. The van der Waals surface area contributed by atoms with Crippen molar-refractivity contribution in [2.75, 3.05) is 14.1 Å². The minimum Gasteiger partial charge on any atom is -0.345 e. The van der Waals surface area contributed by atoms with Gasteiger partial charge in [0, 0.05) is 14.1 Å². The molecule has 1 amide bonds. The summed E-state index contributed by atoms with van der Waals surface area (Å²) in [6.45, 7) is 5.22. The Morgan fingerprint density at radius 2 is 1.61 bits per heavy atom. The second-order valence-electron chi connectivity index (χ2n) is 4.57. The number of hydrogen-bond donors (Lipinski definition) is 0. The topological polar surface area (TPSA) is 37.4 Å². The van der Waals surface area contributed by atoms with Crippen molar-refractivity contribution in [1.29, 1.82) is 0 Å². The summed E-state index contributed by atoms with van der Waals surface area (Å²) >= 11 is 0. The molecule has 0 aliphatic carbocycles. The summed E-state index contributed by atoms with van der Waals surface area (Å²) in [5.41, 5.74) is 2.99. The number of ketones is 1. The van der Waals surface area contributed by atoms with Gasteiger partial charge < -0.3 is 4.90 Å². The fourth-order valence-electron chi connectivity index (χ4n) is 1.93. The third-order valence-electron chi connectivity index (χ3n) is 2.90. The van der Waals surface area contributed by atoms with Crippen LogP contribution in [0.15, 0.2) is 29.8 Å². The molecule has 0 heterocycles. The Bertz CT molecular complexity index is 513. The van der Waals surface area contributed by atoms with Crippen LogP contribution in [-0.4, -0.2) is 30.7 Å². The van der Waals surface area contributed by atoms with Gasteiger partial charge >= 0.3 is 0 Å². The van der Waals surface area contributed by atoms with E-state index in [4.69, 9.17) is 0 Å². The fraction of sp³-hybridized carbons (Fsp3) is 0.333. The van der Waals surface area contributed by atoms with Crippen LogP contribution in [0.3, 0.4) is 0 Å². The number of rotatable bonds is 3. The van der Waals surface area contributed by atoms with Gasteiger partial charge in [0.05, 0.1) is 5.57 Å². The highest BCUT2D eigenvalue weighted by molar-refractivity contribution is 6.23. The fourth-order valence-corrected chi connectivity index (χ4v) is 1.93. The summed E-state index contributed by atoms with van der Waals surface area (Å²) in [5.74, 6) is -0.447. The molecule has 0 N–H and O–H groups in total. The molecule has 0 radical (unpaired) electrons. The highest BCUT2D eigenvalue weighted by Gasteiger charge is 2.20. The first-order valence-corrected chi connectivity index (χ1v) is 5.85. The Kier molecular flexibility index (Phi) is 4.43. The SMILES string of the molecule is CC(=O)C(C(=O)N(C)C)=C(C)c1ccccc1C. The van der Waals surface area contributed by atoms with Gasteiger partial charge in [0.15, 0.2) is 5.78 Å². The number of carbonyl (C=O) groups excluding carboxylic acids is 2. The van der Waals surface area contributed by atoms with Gasteiger partial charge in [-0.05, 0) is 37.5 Å². The van der Waals surface area contributed by atoms with Gasteiger partial charge in [0.1, 0.15) is 0 Å². The molecule has 1 aromatic rings. The highest BCUT2D eigenvalue weighted by Crippen LogP contribution is 2.23. The van der Waals surface area contributed by atoms with E-state index in [1.807, 2.05) is 38.1 Å². The molecular weight excluding hydrogens is 226 g/mol. The molecule has 0 unspecified atom stereocenters. The van der Waals surface area contributed by atoms with E-state index in [9.17, 15) is 9.59 Å². The first kappa shape index (κ1) is 14.2. The van der Waals surface area contributed by atoms with E-state index in [1.165, 1.54) is 11.8 Å². The van der Waals surface area contributed by atoms with E-state index in [0.717, 1.165) is 16.7 Å². The number of benzene rings is 1. The third kappa shape index (κ3) is 2.86. The lowest BCUT2D eigenvalue weighted by Crippen LogP contribution is -2.27. The quantitative estimate of drug-likeness (QED) is 0.466. The van der Waals surface area contributed by atoms with Crippen molar-refractivity contribution in [3.05, 3.63) is 41.0 Å². The summed E-state index contributed by atoms with van der Waals surface area (Å²) in [6, 6.07) is 7.74. The maximum atomic E-state index is 12.1. The van der Waals surface area contributed by atoms with Crippen molar-refractivity contribution in [2.45, 2.75) is 20.8 Å². The van der Waals surface area contributed by atoms with Gasteiger partial charge in [-0.3, -0.25) is 9.59 Å². The van der Waals surface area contributed by atoms with Crippen LogP contribution in [0.5, 0.6) is 0 Å². The van der Waals surface area contributed by atoms with E-state index in [1.54, 1.807) is 14.1 Å². The summed E-state index contributed by atoms with van der Waals surface area (Å²) in [7, 11) is 3.30. The second kappa shape index (κ2) is 5.63. The summed E-state index contributed by atoms with van der Waals surface area (Å²) in [4.78, 5) is 25.2. The number of carbonyl (C=O) groups is 2. The Labute approximate surface area is 108 Å². The van der Waals surface area contributed by atoms with Crippen molar-refractivity contribution in [1.82, 2.24) is 4.90 Å². The van der Waals surface area contributed by atoms with Crippen LogP contribution in [0.25, 0.3) is 5.57 Å². The molecule has 0 saturated carbocycles. The molecule has 0 fully saturated rings. The van der Waals surface area contributed by atoms with Crippen molar-refractivity contribution < 1.29 is 9.59 Å². The average molecular weight is 245 g/mol. The zero-order valence-electron chi connectivity index (χ0n) is 11.6. The lowest BCUT2D eigenvalue weighted by molar-refractivity contribution is -0.127. The van der Waals surface area contributed by atoms with E-state index >= 15 is 0 Å². The van der Waals surface area contributed by atoms with Crippen LogP contribution in [0.4, 0.5) is 0 Å². The minimum atomic E-state index is -0.247. The van der Waals surface area contributed by atoms with Crippen LogP contribution in [0.2, 0.25) is 0 Å². The van der Waals surface area contributed by atoms with E-state index in [2.05, 4.69) is 0 Å². The molecule has 0 aromatic heterocycles. The largest absolute Gasteiger partial charge is 0.345 e. The number of likely N-dealkylation sites (N-methyl/N-ethyl adjacent to an activating group) is 1. The Morgan fingerprint density at radius 3 is 2.06 bits per heavy atom. The van der Waals surface area contributed by atoms with Crippen LogP contribution in [0, 0.1) is 6.92 Å². The second-order valence-corrected chi connectivity index (χ2v) is 4.57. The molecule has 0 spiro atoms. The molecule has 0 saturated heterocycles. The first-order chi connectivity index (χ1) is 8.36. The molecular formula is C15H19NO2. The number of allylic oxidation sites excluding steroid dienone is 1. The third-order valence-corrected chi connectivity index (χ3v) is 2.90. The Hall–Kier alpha value is -1.90. The summed E-state index contributed by atoms with van der Waals surface area (Å²) in [5, 5.41) is 0. The average Bonchev–Trinajstić information content (AvgIpc) is 2.28. The van der Waals surface area contributed by atoms with Crippen LogP contribution < -0.4 is 0 Å². The minimum absolute atomic E-state index is 0.200. The summed E-state index contributed by atoms with van der Waals surface area (Å²) in [6.07, 6.45) is 0. The van der Waals surface area contributed by atoms with Gasteiger partial charge in [-0.1, -0.05) is 24.3 Å². The van der Waals surface area contributed by atoms with Gasteiger partial charge in [-0.2, -0.15) is 0 Å². The Balaban J connectivity index is 3.43. The smallest absolute Gasteiger partial charge is 0.257 e. The molecule has 3 heteroatoms. The molecule has 3 nitrogen and oxygen atoms in total. The number of amides is 1. The van der Waals surface area contributed by atoms with Gasteiger partial charge in [0.25, 0.3) is 5.91 Å². The molecule has 0 atom stereocenters. The standard InChI is InChI=1S/C15H19NO2/c1-10-8-6-7-9-13(10)11(2)14(12(3)17)15(18)16(4)5/h6-9H,1-5H3. The van der Waals surface area contributed by atoms with Crippen LogP contribution in [0.1, 0.15) is 25.0 Å². The van der Waals surface area contributed by atoms with Crippen molar-refractivity contribution in [3.63, 3.8) is 0 Å². The normalized spacial score (nSPS) is 11.8. The van der Waals surface area contributed by atoms with Crippen LogP contribution in [-0.2, 0) is 9.59 Å². The predicted octanol–water partition coefficient (Wildman–Crippen LogP) is 2.45. The van der Waals surface area contributed by atoms with Gasteiger partial charge in [-0.25, -0.2) is 0 Å². The van der Waals surface area contributed by atoms with Crippen molar-refractivity contribution in [2.24, 2.45) is 0 Å². The van der Waals surface area contributed by atoms with E-state index < -0.39 is 0 Å². The zero-order valence-corrected chi connectivity index (χ0v) is 11.6. The van der Waals surface area contributed by atoms with E-state index in [0.29, 0.717) is 0 Å². The summed E-state index contributed by atoms with van der Waals surface area (Å²) < 4.78 is 0. The number of hydrogen-bond acceptors (Lipinski definition) is 2. The molecule has 96 valence electrons. The number of nitrogens with zero attached hydrogens (tertiary/aromatic N) is 1. The van der Waals surface area contributed by atoms with Gasteiger partial charge in [0.2, 0.25) is 0 Å². The van der Waals surface area contributed by atoms with Crippen molar-refractivity contribution >= 4 is 17.3 Å². The molecule has 0 aliphatic rings.